The van der Waals surface area contributed by atoms with E-state index < -0.39 is 0 Å². The van der Waals surface area contributed by atoms with E-state index in [1.807, 2.05) is 24.0 Å². The second-order valence-corrected chi connectivity index (χ2v) is 7.10. The number of benzene rings is 1. The lowest BCUT2D eigenvalue weighted by molar-refractivity contribution is 0.0332. The molecule has 1 N–H and O–H groups in total. The van der Waals surface area contributed by atoms with Gasteiger partial charge in [0.1, 0.15) is 5.82 Å². The van der Waals surface area contributed by atoms with Crippen LogP contribution in [0.2, 0.25) is 0 Å². The number of nitrogens with zero attached hydrogens (tertiary/aromatic N) is 1. The van der Waals surface area contributed by atoms with Gasteiger partial charge >= 0.3 is 6.03 Å². The van der Waals surface area contributed by atoms with E-state index in [0.717, 1.165) is 44.5 Å². The Morgan fingerprint density at radius 3 is 2.92 bits per heavy atom. The van der Waals surface area contributed by atoms with Crippen molar-refractivity contribution in [2.24, 2.45) is 5.92 Å². The molecule has 138 valence electrons. The molecule has 6 heteroatoms. The Morgan fingerprint density at radius 2 is 2.20 bits per heavy atom. The molecule has 3 rings (SSSR count). The molecule has 2 amide bonds. The molecule has 3 atom stereocenters. The summed E-state index contributed by atoms with van der Waals surface area (Å²) in [5.74, 6) is 0.218. The maximum Gasteiger partial charge on any atom is 0.317 e. The van der Waals surface area contributed by atoms with Crippen LogP contribution in [0.4, 0.5) is 9.18 Å². The monoisotopic (exact) mass is 350 g/mol. The predicted molar refractivity (Wildman–Crippen MR) is 93.0 cm³/mol. The molecule has 0 saturated carbocycles. The second-order valence-electron chi connectivity index (χ2n) is 7.10. The zero-order valence-electron chi connectivity index (χ0n) is 14.7. The van der Waals surface area contributed by atoms with Gasteiger partial charge in [-0.25, -0.2) is 9.18 Å². The van der Waals surface area contributed by atoms with Crippen molar-refractivity contribution < 1.29 is 18.7 Å². The standard InChI is InChI=1S/C19H27FN2O3/c1-14(12-25-18-7-9-24-13-18)21-19(23)22-8-6-16(11-22)10-15-2-4-17(20)5-3-15/h2-5,14,16,18H,6-13H2,1H3,(H,21,23). The molecule has 2 saturated heterocycles. The van der Waals surface area contributed by atoms with E-state index in [9.17, 15) is 9.18 Å². The smallest absolute Gasteiger partial charge is 0.317 e. The summed E-state index contributed by atoms with van der Waals surface area (Å²) in [7, 11) is 0. The average Bonchev–Trinajstić information content (AvgIpc) is 3.27. The van der Waals surface area contributed by atoms with Crippen LogP contribution in [0.5, 0.6) is 0 Å². The SMILES string of the molecule is CC(COC1CCOC1)NC(=O)N1CCC(Cc2ccc(F)cc2)C1. The molecule has 0 radical (unpaired) electrons. The van der Waals surface area contributed by atoms with Gasteiger partial charge in [0, 0.05) is 19.7 Å². The molecule has 2 fully saturated rings. The summed E-state index contributed by atoms with van der Waals surface area (Å²) in [5, 5.41) is 3.01. The van der Waals surface area contributed by atoms with Crippen LogP contribution in [0.1, 0.15) is 25.3 Å². The largest absolute Gasteiger partial charge is 0.379 e. The Hall–Kier alpha value is -1.66. The Morgan fingerprint density at radius 1 is 1.40 bits per heavy atom. The number of hydrogen-bond acceptors (Lipinski definition) is 3. The molecule has 5 nitrogen and oxygen atoms in total. The first-order valence-electron chi connectivity index (χ1n) is 9.09. The highest BCUT2D eigenvalue weighted by Gasteiger charge is 2.27. The molecule has 1 aromatic rings. The van der Waals surface area contributed by atoms with Crippen molar-refractivity contribution in [1.82, 2.24) is 10.2 Å². The van der Waals surface area contributed by atoms with Crippen molar-refractivity contribution in [3.05, 3.63) is 35.6 Å². The van der Waals surface area contributed by atoms with Gasteiger partial charge in [-0.05, 0) is 49.8 Å². The van der Waals surface area contributed by atoms with Crippen molar-refractivity contribution in [2.75, 3.05) is 32.9 Å². The lowest BCUT2D eigenvalue weighted by atomic mass is 9.99. The zero-order chi connectivity index (χ0) is 17.6. The lowest BCUT2D eigenvalue weighted by Gasteiger charge is -2.22. The Balaban J connectivity index is 1.38. The predicted octanol–water partition coefficient (Wildman–Crippen LogP) is 2.59. The van der Waals surface area contributed by atoms with Crippen molar-refractivity contribution in [3.63, 3.8) is 0 Å². The summed E-state index contributed by atoms with van der Waals surface area (Å²) in [4.78, 5) is 14.2. The average molecular weight is 350 g/mol. The maximum atomic E-state index is 13.0. The van der Waals surface area contributed by atoms with Gasteiger partial charge in [0.05, 0.1) is 25.4 Å². The van der Waals surface area contributed by atoms with Gasteiger partial charge in [-0.1, -0.05) is 12.1 Å². The van der Waals surface area contributed by atoms with Crippen LogP contribution in [0, 0.1) is 11.7 Å². The molecule has 0 aliphatic carbocycles. The van der Waals surface area contributed by atoms with E-state index in [-0.39, 0.29) is 24.0 Å². The van der Waals surface area contributed by atoms with Gasteiger partial charge in [-0.3, -0.25) is 0 Å². The molecule has 0 bridgehead atoms. The first-order valence-corrected chi connectivity index (χ1v) is 9.09. The van der Waals surface area contributed by atoms with Gasteiger partial charge in [-0.2, -0.15) is 0 Å². The van der Waals surface area contributed by atoms with Crippen molar-refractivity contribution in [1.29, 1.82) is 0 Å². The van der Waals surface area contributed by atoms with Crippen LogP contribution in [0.25, 0.3) is 0 Å². The Kier molecular flexibility index (Phi) is 6.26. The number of halogens is 1. The lowest BCUT2D eigenvalue weighted by Crippen LogP contribution is -2.45. The van der Waals surface area contributed by atoms with Crippen molar-refractivity contribution >= 4 is 6.03 Å². The van der Waals surface area contributed by atoms with Gasteiger partial charge in [-0.15, -0.1) is 0 Å². The fourth-order valence-corrected chi connectivity index (χ4v) is 3.41. The van der Waals surface area contributed by atoms with E-state index in [4.69, 9.17) is 9.47 Å². The molecule has 0 aromatic heterocycles. The molecule has 2 aliphatic heterocycles. The van der Waals surface area contributed by atoms with Crippen molar-refractivity contribution in [2.45, 2.75) is 38.3 Å². The normalized spacial score (nSPS) is 24.5. The number of carbonyl (C=O) groups excluding carboxylic acids is 1. The van der Waals surface area contributed by atoms with Gasteiger partial charge < -0.3 is 19.7 Å². The van der Waals surface area contributed by atoms with Crippen LogP contribution in [0.3, 0.4) is 0 Å². The molecule has 3 unspecified atom stereocenters. The number of carbonyl (C=O) groups is 1. The second kappa shape index (κ2) is 8.63. The topological polar surface area (TPSA) is 50.8 Å². The van der Waals surface area contributed by atoms with Crippen LogP contribution >= 0.6 is 0 Å². The molecule has 1 aromatic carbocycles. The quantitative estimate of drug-likeness (QED) is 0.858. The molecule has 25 heavy (non-hydrogen) atoms. The number of likely N-dealkylation sites (tertiary alicyclic amines) is 1. The van der Waals surface area contributed by atoms with E-state index in [1.54, 1.807) is 0 Å². The number of hydrogen-bond donors (Lipinski definition) is 1. The number of amides is 2. The highest BCUT2D eigenvalue weighted by Crippen LogP contribution is 2.21. The van der Waals surface area contributed by atoms with Crippen molar-refractivity contribution in [3.8, 4) is 0 Å². The fraction of sp³-hybridized carbons (Fsp3) is 0.632. The minimum absolute atomic E-state index is 0.0238. The van der Waals surface area contributed by atoms with Crippen LogP contribution < -0.4 is 5.32 Å². The van der Waals surface area contributed by atoms with Gasteiger partial charge in [0.25, 0.3) is 0 Å². The third kappa shape index (κ3) is 5.41. The molecule has 2 aliphatic rings. The molecule has 0 spiro atoms. The highest BCUT2D eigenvalue weighted by molar-refractivity contribution is 5.74. The maximum absolute atomic E-state index is 13.0. The third-order valence-corrected chi connectivity index (χ3v) is 4.85. The molecular weight excluding hydrogens is 323 g/mol. The number of urea groups is 1. The number of rotatable bonds is 6. The summed E-state index contributed by atoms with van der Waals surface area (Å²) >= 11 is 0. The van der Waals surface area contributed by atoms with Crippen LogP contribution in [0.15, 0.2) is 24.3 Å². The van der Waals surface area contributed by atoms with Crippen LogP contribution in [-0.2, 0) is 15.9 Å². The summed E-state index contributed by atoms with van der Waals surface area (Å²) in [6.07, 6.45) is 2.95. The summed E-state index contributed by atoms with van der Waals surface area (Å²) in [6, 6.07) is 6.58. The van der Waals surface area contributed by atoms with E-state index in [2.05, 4.69) is 5.32 Å². The third-order valence-electron chi connectivity index (χ3n) is 4.85. The molecule has 2 heterocycles. The molecular formula is C19H27FN2O3. The van der Waals surface area contributed by atoms with E-state index in [0.29, 0.717) is 19.1 Å². The highest BCUT2D eigenvalue weighted by atomic mass is 19.1. The summed E-state index contributed by atoms with van der Waals surface area (Å²) in [5.41, 5.74) is 1.12. The zero-order valence-corrected chi connectivity index (χ0v) is 14.7. The minimum Gasteiger partial charge on any atom is -0.379 e. The van der Waals surface area contributed by atoms with Gasteiger partial charge in [0.2, 0.25) is 0 Å². The Bertz CT molecular complexity index is 560. The van der Waals surface area contributed by atoms with Crippen LogP contribution in [-0.4, -0.2) is 56.0 Å². The Labute approximate surface area is 148 Å². The first kappa shape index (κ1) is 18.1. The number of nitrogens with one attached hydrogen (secondary N) is 1. The van der Waals surface area contributed by atoms with E-state index in [1.165, 1.54) is 12.1 Å². The summed E-state index contributed by atoms with van der Waals surface area (Å²) in [6.45, 7) is 5.38. The summed E-state index contributed by atoms with van der Waals surface area (Å²) < 4.78 is 24.0. The number of ether oxygens (including phenoxy) is 2. The van der Waals surface area contributed by atoms with E-state index >= 15 is 0 Å². The fourth-order valence-electron chi connectivity index (χ4n) is 3.41. The first-order chi connectivity index (χ1) is 12.1. The van der Waals surface area contributed by atoms with Gasteiger partial charge in [0.15, 0.2) is 0 Å². The minimum atomic E-state index is -0.212.